The molecule has 0 aliphatic carbocycles. The van der Waals surface area contributed by atoms with E-state index in [9.17, 15) is 9.50 Å². The van der Waals surface area contributed by atoms with Crippen molar-refractivity contribution in [2.24, 2.45) is 5.10 Å². The number of phenolic OH excluding ortho intramolecular Hbond substituents is 1. The maximum atomic E-state index is 14.2. The Kier molecular flexibility index (Phi) is 7.72. The molecule has 1 fully saturated rings. The molecule has 12 heteroatoms. The van der Waals surface area contributed by atoms with E-state index in [-0.39, 0.29) is 22.5 Å². The zero-order valence-electron chi connectivity index (χ0n) is 17.9. The van der Waals surface area contributed by atoms with E-state index in [0.29, 0.717) is 52.7 Å². The number of hydrazone groups is 1. The Morgan fingerprint density at radius 3 is 2.76 bits per heavy atom. The number of hydrogen-bond donors (Lipinski definition) is 3. The molecule has 178 valence electrons. The summed E-state index contributed by atoms with van der Waals surface area (Å²) in [7, 11) is 0. The number of ether oxygens (including phenoxy) is 1. The number of aromatic nitrogens is 2. The Morgan fingerprint density at radius 2 is 2.03 bits per heavy atom. The molecule has 0 unspecified atom stereocenters. The summed E-state index contributed by atoms with van der Waals surface area (Å²) in [6.07, 6.45) is 2.44. The number of anilines is 4. The first-order chi connectivity index (χ1) is 16.3. The van der Waals surface area contributed by atoms with Gasteiger partial charge in [0.25, 0.3) is 0 Å². The lowest BCUT2D eigenvalue weighted by Crippen LogP contribution is -2.37. The molecule has 0 atom stereocenters. The monoisotopic (exact) mass is 568 g/mol. The van der Waals surface area contributed by atoms with Crippen LogP contribution in [0.15, 0.2) is 40.0 Å². The molecule has 8 nitrogen and oxygen atoms in total. The van der Waals surface area contributed by atoms with Crippen molar-refractivity contribution < 1.29 is 14.2 Å². The lowest BCUT2D eigenvalue weighted by Gasteiger charge is -2.27. The summed E-state index contributed by atoms with van der Waals surface area (Å²) in [5.41, 5.74) is 5.04. The Morgan fingerprint density at radius 1 is 1.26 bits per heavy atom. The third kappa shape index (κ3) is 5.35. The minimum Gasteiger partial charge on any atom is -0.506 e. The standard InChI is InChI=1S/C22H20BrCl2FN6O2/c1-12-3-2-4-15(24)18(12)29-19-14(23)9-13(20(33)17(19)25)10-28-31-22-27-11-16(26)21(30-22)32-5-7-34-8-6-32/h2-4,9-11,29,33H,5-8H2,1H3,(H,27,30,31)/b28-10+. The van der Waals surface area contributed by atoms with Gasteiger partial charge >= 0.3 is 0 Å². The summed E-state index contributed by atoms with van der Waals surface area (Å²) in [6, 6.07) is 7.15. The first kappa shape index (κ1) is 24.5. The second-order valence-electron chi connectivity index (χ2n) is 7.38. The quantitative estimate of drug-likeness (QED) is 0.258. The van der Waals surface area contributed by atoms with Crippen LogP contribution in [0.1, 0.15) is 11.1 Å². The van der Waals surface area contributed by atoms with Crippen molar-refractivity contribution in [2.45, 2.75) is 6.92 Å². The van der Waals surface area contributed by atoms with Crippen molar-refractivity contribution in [1.29, 1.82) is 0 Å². The van der Waals surface area contributed by atoms with Gasteiger partial charge in [-0.25, -0.2) is 14.8 Å². The fourth-order valence-corrected chi connectivity index (χ4v) is 4.51. The van der Waals surface area contributed by atoms with E-state index in [0.717, 1.165) is 11.8 Å². The number of benzene rings is 2. The van der Waals surface area contributed by atoms with Crippen LogP contribution in [0.3, 0.4) is 0 Å². The van der Waals surface area contributed by atoms with E-state index < -0.39 is 5.82 Å². The Labute approximate surface area is 213 Å². The van der Waals surface area contributed by atoms with Crippen LogP contribution in [0, 0.1) is 12.7 Å². The van der Waals surface area contributed by atoms with E-state index in [4.69, 9.17) is 27.9 Å². The number of rotatable bonds is 6. The maximum Gasteiger partial charge on any atom is 0.245 e. The van der Waals surface area contributed by atoms with Crippen molar-refractivity contribution in [3.8, 4) is 5.75 Å². The predicted octanol–water partition coefficient (Wildman–Crippen LogP) is 5.73. The molecule has 0 radical (unpaired) electrons. The number of nitrogens with one attached hydrogen (secondary N) is 2. The average Bonchev–Trinajstić information content (AvgIpc) is 2.83. The molecule has 1 aliphatic rings. The molecule has 1 saturated heterocycles. The van der Waals surface area contributed by atoms with Gasteiger partial charge in [0.2, 0.25) is 5.95 Å². The molecule has 3 N–H and O–H groups in total. The smallest absolute Gasteiger partial charge is 0.245 e. The molecule has 4 rings (SSSR count). The van der Waals surface area contributed by atoms with Crippen molar-refractivity contribution in [1.82, 2.24) is 9.97 Å². The molecule has 2 heterocycles. The number of para-hydroxylation sites is 1. The zero-order valence-corrected chi connectivity index (χ0v) is 21.0. The second-order valence-corrected chi connectivity index (χ2v) is 9.02. The van der Waals surface area contributed by atoms with E-state index >= 15 is 0 Å². The van der Waals surface area contributed by atoms with Crippen LogP contribution in [0.2, 0.25) is 10.0 Å². The minimum absolute atomic E-state index is 0.0859. The minimum atomic E-state index is -0.526. The van der Waals surface area contributed by atoms with Gasteiger partial charge in [-0.3, -0.25) is 0 Å². The first-order valence-corrected chi connectivity index (χ1v) is 11.8. The second kappa shape index (κ2) is 10.7. The fourth-order valence-electron chi connectivity index (χ4n) is 3.32. The molecule has 1 aliphatic heterocycles. The predicted molar refractivity (Wildman–Crippen MR) is 137 cm³/mol. The topological polar surface area (TPSA) is 94.9 Å². The molecular formula is C22H20BrCl2FN6O2. The molecule has 0 amide bonds. The number of phenols is 1. The maximum absolute atomic E-state index is 14.2. The van der Waals surface area contributed by atoms with E-state index in [1.165, 1.54) is 6.21 Å². The highest BCUT2D eigenvalue weighted by Gasteiger charge is 2.18. The van der Waals surface area contributed by atoms with E-state index in [1.807, 2.05) is 19.1 Å². The van der Waals surface area contributed by atoms with Gasteiger partial charge in [0.1, 0.15) is 10.8 Å². The third-order valence-electron chi connectivity index (χ3n) is 5.10. The average molecular weight is 570 g/mol. The summed E-state index contributed by atoms with van der Waals surface area (Å²) in [6.45, 7) is 3.97. The molecule has 0 spiro atoms. The van der Waals surface area contributed by atoms with Crippen LogP contribution in [-0.2, 0) is 4.74 Å². The Balaban J connectivity index is 1.53. The van der Waals surface area contributed by atoms with Gasteiger partial charge in [-0.1, -0.05) is 35.3 Å². The SMILES string of the molecule is Cc1cccc(Cl)c1Nc1c(Br)cc(/C=N/Nc2ncc(F)c(N3CCOCC3)n2)c(O)c1Cl. The number of halogens is 4. The number of hydrogen-bond acceptors (Lipinski definition) is 8. The third-order valence-corrected chi connectivity index (χ3v) is 6.41. The van der Waals surface area contributed by atoms with Gasteiger partial charge in [-0.2, -0.15) is 10.1 Å². The lowest BCUT2D eigenvalue weighted by atomic mass is 10.1. The number of nitrogens with zero attached hydrogens (tertiary/aromatic N) is 4. The Hall–Kier alpha value is -2.66. The zero-order chi connectivity index (χ0) is 24.2. The summed E-state index contributed by atoms with van der Waals surface area (Å²) < 4.78 is 20.1. The first-order valence-electron chi connectivity index (χ1n) is 10.2. The van der Waals surface area contributed by atoms with Crippen LogP contribution < -0.4 is 15.6 Å². The van der Waals surface area contributed by atoms with Crippen molar-refractivity contribution >= 4 is 68.5 Å². The van der Waals surface area contributed by atoms with E-state index in [2.05, 4.69) is 41.7 Å². The van der Waals surface area contributed by atoms with Gasteiger partial charge in [-0.15, -0.1) is 0 Å². The Bertz CT molecular complexity index is 1220. The van der Waals surface area contributed by atoms with Gasteiger partial charge in [0.15, 0.2) is 11.6 Å². The highest BCUT2D eigenvalue weighted by atomic mass is 79.9. The summed E-state index contributed by atoms with van der Waals surface area (Å²) in [4.78, 5) is 9.89. The molecule has 2 aromatic carbocycles. The highest BCUT2D eigenvalue weighted by Crippen LogP contribution is 2.42. The molecule has 34 heavy (non-hydrogen) atoms. The van der Waals surface area contributed by atoms with Gasteiger partial charge in [0.05, 0.1) is 42.0 Å². The highest BCUT2D eigenvalue weighted by molar-refractivity contribution is 9.10. The van der Waals surface area contributed by atoms with Crippen LogP contribution in [-0.4, -0.2) is 47.6 Å². The molecular weight excluding hydrogens is 550 g/mol. The molecule has 1 aromatic heterocycles. The summed E-state index contributed by atoms with van der Waals surface area (Å²) in [5, 5.41) is 18.5. The van der Waals surface area contributed by atoms with Crippen LogP contribution >= 0.6 is 39.1 Å². The van der Waals surface area contributed by atoms with Crippen molar-refractivity contribution in [3.63, 3.8) is 0 Å². The van der Waals surface area contributed by atoms with Crippen LogP contribution in [0.5, 0.6) is 5.75 Å². The van der Waals surface area contributed by atoms with Crippen molar-refractivity contribution in [3.05, 3.63) is 61.9 Å². The number of morpholine rings is 1. The molecule has 0 saturated carbocycles. The number of aryl methyl sites for hydroxylation is 1. The van der Waals surface area contributed by atoms with Gasteiger partial charge in [-0.05, 0) is 40.5 Å². The van der Waals surface area contributed by atoms with Gasteiger partial charge in [0, 0.05) is 23.1 Å². The molecule has 0 bridgehead atoms. The van der Waals surface area contributed by atoms with Crippen LogP contribution in [0.4, 0.5) is 27.5 Å². The van der Waals surface area contributed by atoms with Crippen LogP contribution in [0.25, 0.3) is 0 Å². The molecule has 3 aromatic rings. The number of aromatic hydroxyl groups is 1. The fraction of sp³-hybridized carbons (Fsp3) is 0.227. The lowest BCUT2D eigenvalue weighted by molar-refractivity contribution is 0.122. The summed E-state index contributed by atoms with van der Waals surface area (Å²) >= 11 is 16.2. The van der Waals surface area contributed by atoms with E-state index in [1.54, 1.807) is 17.0 Å². The van der Waals surface area contributed by atoms with Crippen molar-refractivity contribution in [2.75, 3.05) is 41.9 Å². The normalized spacial score (nSPS) is 14.0. The summed E-state index contributed by atoms with van der Waals surface area (Å²) in [5.74, 6) is -0.426. The van der Waals surface area contributed by atoms with Gasteiger partial charge < -0.3 is 20.1 Å². The largest absolute Gasteiger partial charge is 0.506 e.